The van der Waals surface area contributed by atoms with E-state index in [1.807, 2.05) is 62.3 Å². The smallest absolute Gasteiger partial charge is 0.217 e. The maximum absolute atomic E-state index is 16.0. The highest BCUT2D eigenvalue weighted by Gasteiger charge is 2.45. The van der Waals surface area contributed by atoms with Crippen molar-refractivity contribution in [2.24, 2.45) is 0 Å². The van der Waals surface area contributed by atoms with Crippen molar-refractivity contribution in [3.63, 3.8) is 0 Å². The third-order valence-corrected chi connectivity index (χ3v) is 7.13. The molecule has 2 atom stereocenters. The van der Waals surface area contributed by atoms with Crippen molar-refractivity contribution in [2.75, 3.05) is 34.9 Å². The number of benzene rings is 2. The molecule has 37 heavy (non-hydrogen) atoms. The zero-order valence-corrected chi connectivity index (χ0v) is 23.2. The summed E-state index contributed by atoms with van der Waals surface area (Å²) < 4.78 is 28.0. The Morgan fingerprint density at radius 1 is 1.05 bits per heavy atom. The molecule has 0 amide bonds. The lowest BCUT2D eigenvalue weighted by Gasteiger charge is -2.38. The van der Waals surface area contributed by atoms with Crippen LogP contribution in [-0.4, -0.2) is 54.8 Å². The fraction of sp³-hybridized carbons (Fsp3) is 0.310. The molecule has 2 heterocycles. The average molecular weight is 568 g/mol. The van der Waals surface area contributed by atoms with Crippen molar-refractivity contribution in [3.8, 4) is 11.6 Å². The predicted octanol–water partition coefficient (Wildman–Crippen LogP) is 5.83. The molecular weight excluding hydrogens is 537 g/mol. The van der Waals surface area contributed by atoms with E-state index in [1.165, 1.54) is 14.2 Å². The minimum atomic E-state index is -1.61. The predicted molar refractivity (Wildman–Crippen MR) is 147 cm³/mol. The van der Waals surface area contributed by atoms with Crippen LogP contribution in [0.2, 0.25) is 0 Å². The molecule has 0 fully saturated rings. The molecule has 0 spiro atoms. The standard InChI is InChI=1S/C29H31BrFN3O3/c1-18-8-7-14-32-27(18)29(35,13-15-34(2)3)25(21-9-6-10-24(36-4)26(21)31)22-17-19-16-20(30)11-12-23(19)33-28(22)37-5/h6-12,14,16-17,25,35H,13,15H2,1-5H3/t25-,29+/m1/s1. The van der Waals surface area contributed by atoms with Gasteiger partial charge in [-0.2, -0.15) is 0 Å². The number of pyridine rings is 2. The molecule has 4 aromatic rings. The van der Waals surface area contributed by atoms with Gasteiger partial charge in [-0.3, -0.25) is 4.98 Å². The number of methoxy groups -OCH3 is 2. The Morgan fingerprint density at radius 2 is 1.84 bits per heavy atom. The summed E-state index contributed by atoms with van der Waals surface area (Å²) in [5.74, 6) is -1.07. The normalized spacial score (nSPS) is 14.0. The van der Waals surface area contributed by atoms with Crippen molar-refractivity contribution in [3.05, 3.63) is 93.5 Å². The molecule has 8 heteroatoms. The van der Waals surface area contributed by atoms with Crippen LogP contribution in [0.15, 0.2) is 65.3 Å². The van der Waals surface area contributed by atoms with Gasteiger partial charge in [0.15, 0.2) is 11.6 Å². The fourth-order valence-corrected chi connectivity index (χ4v) is 5.22. The number of fused-ring (bicyclic) bond motifs is 1. The summed E-state index contributed by atoms with van der Waals surface area (Å²) in [6.45, 7) is 2.43. The van der Waals surface area contributed by atoms with E-state index in [1.54, 1.807) is 24.4 Å². The van der Waals surface area contributed by atoms with Gasteiger partial charge in [-0.25, -0.2) is 9.37 Å². The van der Waals surface area contributed by atoms with E-state index in [0.717, 1.165) is 20.9 Å². The molecule has 0 bridgehead atoms. The van der Waals surface area contributed by atoms with Crippen molar-refractivity contribution < 1.29 is 19.0 Å². The number of halogens is 2. The van der Waals surface area contributed by atoms with Crippen molar-refractivity contribution >= 4 is 26.8 Å². The molecule has 0 aliphatic rings. The average Bonchev–Trinajstić information content (AvgIpc) is 2.88. The lowest BCUT2D eigenvalue weighted by atomic mass is 9.72. The molecule has 0 unspecified atom stereocenters. The number of aryl methyl sites for hydroxylation is 1. The van der Waals surface area contributed by atoms with E-state index in [2.05, 4.69) is 20.9 Å². The van der Waals surface area contributed by atoms with Gasteiger partial charge in [-0.15, -0.1) is 0 Å². The van der Waals surface area contributed by atoms with Crippen LogP contribution < -0.4 is 9.47 Å². The first-order valence-electron chi connectivity index (χ1n) is 12.0. The second kappa shape index (κ2) is 11.1. The molecular formula is C29H31BrFN3O3. The van der Waals surface area contributed by atoms with E-state index in [-0.39, 0.29) is 17.7 Å². The highest BCUT2D eigenvalue weighted by Crippen LogP contribution is 2.49. The lowest BCUT2D eigenvalue weighted by molar-refractivity contribution is -0.00181. The SMILES string of the molecule is COc1cccc([C@H](c2cc3cc(Br)ccc3nc2OC)[C@@](O)(CCN(C)C)c2ncccc2C)c1F. The number of aliphatic hydroxyl groups is 1. The van der Waals surface area contributed by atoms with Gasteiger partial charge < -0.3 is 19.5 Å². The van der Waals surface area contributed by atoms with E-state index in [0.29, 0.717) is 23.7 Å². The molecule has 0 saturated heterocycles. The Labute approximate surface area is 225 Å². The number of ether oxygens (including phenoxy) is 2. The molecule has 194 valence electrons. The van der Waals surface area contributed by atoms with Crippen LogP contribution in [0.1, 0.15) is 34.7 Å². The Hall–Kier alpha value is -3.07. The molecule has 1 N–H and O–H groups in total. The molecule has 0 aliphatic heterocycles. The summed E-state index contributed by atoms with van der Waals surface area (Å²) in [6, 6.07) is 16.3. The van der Waals surface area contributed by atoms with Crippen molar-refractivity contribution in [1.29, 1.82) is 0 Å². The van der Waals surface area contributed by atoms with Gasteiger partial charge in [-0.1, -0.05) is 34.1 Å². The number of aromatic nitrogens is 2. The number of hydrogen-bond acceptors (Lipinski definition) is 6. The van der Waals surface area contributed by atoms with Gasteiger partial charge in [0.1, 0.15) is 5.60 Å². The third-order valence-electron chi connectivity index (χ3n) is 6.64. The molecule has 0 saturated carbocycles. The largest absolute Gasteiger partial charge is 0.494 e. The minimum Gasteiger partial charge on any atom is -0.494 e. The van der Waals surface area contributed by atoms with Gasteiger partial charge in [0.05, 0.1) is 31.3 Å². The summed E-state index contributed by atoms with van der Waals surface area (Å²) >= 11 is 3.53. The zero-order chi connectivity index (χ0) is 26.7. The monoisotopic (exact) mass is 567 g/mol. The molecule has 4 rings (SSSR count). The van der Waals surface area contributed by atoms with E-state index in [9.17, 15) is 5.11 Å². The van der Waals surface area contributed by atoms with E-state index in [4.69, 9.17) is 14.5 Å². The number of rotatable bonds is 9. The van der Waals surface area contributed by atoms with E-state index < -0.39 is 17.3 Å². The van der Waals surface area contributed by atoms with Gasteiger partial charge in [0, 0.05) is 33.7 Å². The first kappa shape index (κ1) is 27.0. The fourth-order valence-electron chi connectivity index (χ4n) is 4.84. The van der Waals surface area contributed by atoms with Crippen LogP contribution in [0.5, 0.6) is 11.6 Å². The Bertz CT molecular complexity index is 1410. The number of nitrogens with zero attached hydrogens (tertiary/aromatic N) is 3. The maximum Gasteiger partial charge on any atom is 0.217 e. The summed E-state index contributed by atoms with van der Waals surface area (Å²) in [7, 11) is 6.82. The Balaban J connectivity index is 2.10. The number of hydrogen-bond donors (Lipinski definition) is 1. The Kier molecular flexibility index (Phi) is 8.11. The van der Waals surface area contributed by atoms with Crippen molar-refractivity contribution in [1.82, 2.24) is 14.9 Å². The zero-order valence-electron chi connectivity index (χ0n) is 21.6. The molecule has 2 aromatic heterocycles. The minimum absolute atomic E-state index is 0.0886. The van der Waals surface area contributed by atoms with Crippen LogP contribution in [0.3, 0.4) is 0 Å². The lowest BCUT2D eigenvalue weighted by Crippen LogP contribution is -2.39. The summed E-state index contributed by atoms with van der Waals surface area (Å²) in [5.41, 5.74) is 1.19. The molecule has 0 aliphatic carbocycles. The van der Waals surface area contributed by atoms with Crippen LogP contribution >= 0.6 is 15.9 Å². The molecule has 2 aromatic carbocycles. The van der Waals surface area contributed by atoms with Gasteiger partial charge in [0.2, 0.25) is 5.88 Å². The quantitative estimate of drug-likeness (QED) is 0.274. The van der Waals surface area contributed by atoms with Crippen LogP contribution in [0.4, 0.5) is 4.39 Å². The van der Waals surface area contributed by atoms with Gasteiger partial charge in [-0.05, 0) is 69.4 Å². The van der Waals surface area contributed by atoms with Crippen molar-refractivity contribution in [2.45, 2.75) is 24.9 Å². The van der Waals surface area contributed by atoms with Gasteiger partial charge in [0.25, 0.3) is 0 Å². The van der Waals surface area contributed by atoms with Crippen LogP contribution in [-0.2, 0) is 5.60 Å². The third kappa shape index (κ3) is 5.32. The highest BCUT2D eigenvalue weighted by molar-refractivity contribution is 9.10. The first-order valence-corrected chi connectivity index (χ1v) is 12.7. The van der Waals surface area contributed by atoms with Crippen LogP contribution in [0, 0.1) is 12.7 Å². The topological polar surface area (TPSA) is 67.7 Å². The van der Waals surface area contributed by atoms with Gasteiger partial charge >= 0.3 is 0 Å². The summed E-state index contributed by atoms with van der Waals surface area (Å²) in [4.78, 5) is 11.3. The summed E-state index contributed by atoms with van der Waals surface area (Å²) in [5, 5.41) is 13.5. The molecule has 6 nitrogen and oxygen atoms in total. The highest BCUT2D eigenvalue weighted by atomic mass is 79.9. The van der Waals surface area contributed by atoms with Crippen LogP contribution in [0.25, 0.3) is 10.9 Å². The van der Waals surface area contributed by atoms with E-state index >= 15 is 4.39 Å². The Morgan fingerprint density at radius 3 is 2.51 bits per heavy atom. The second-order valence-corrected chi connectivity index (χ2v) is 10.3. The first-order chi connectivity index (χ1) is 17.7. The molecule has 0 radical (unpaired) electrons. The maximum atomic E-state index is 16.0. The second-order valence-electron chi connectivity index (χ2n) is 9.37. The summed E-state index contributed by atoms with van der Waals surface area (Å²) in [6.07, 6.45) is 1.92.